The molecule has 1 N–H and O–H groups in total. The van der Waals surface area contributed by atoms with Crippen LogP contribution in [0.25, 0.3) is 11.0 Å². The number of aromatic nitrogens is 2. The Morgan fingerprint density at radius 1 is 1.47 bits per heavy atom. The molecule has 15 heavy (non-hydrogen) atoms. The molecule has 0 radical (unpaired) electrons. The van der Waals surface area contributed by atoms with Crippen LogP contribution >= 0.6 is 25.9 Å². The molecular formula is C10H10BrCuN2S. The van der Waals surface area contributed by atoms with Crippen molar-refractivity contribution >= 4 is 36.9 Å². The zero-order valence-electron chi connectivity index (χ0n) is 7.84. The Kier molecular flexibility index (Phi) is 6.10. The van der Waals surface area contributed by atoms with Gasteiger partial charge in [0.2, 0.25) is 0 Å². The third kappa shape index (κ3) is 3.68. The van der Waals surface area contributed by atoms with Crippen molar-refractivity contribution in [1.29, 1.82) is 0 Å². The molecule has 2 rings (SSSR count). The van der Waals surface area contributed by atoms with E-state index in [1.54, 1.807) is 11.8 Å². The summed E-state index contributed by atoms with van der Waals surface area (Å²) >= 11 is 8.16. The molecule has 0 saturated carbocycles. The van der Waals surface area contributed by atoms with Gasteiger partial charge in [-0.05, 0) is 12.1 Å². The Labute approximate surface area is 108 Å². The van der Waals surface area contributed by atoms with Crippen LogP contribution in [0.2, 0.25) is 0 Å². The van der Waals surface area contributed by atoms with E-state index >= 15 is 0 Å². The fourth-order valence-corrected chi connectivity index (χ4v) is 1.76. The van der Waals surface area contributed by atoms with Crippen LogP contribution in [0.15, 0.2) is 42.1 Å². The number of para-hydroxylation sites is 2. The van der Waals surface area contributed by atoms with Gasteiger partial charge in [0, 0.05) is 5.75 Å². The van der Waals surface area contributed by atoms with Crippen molar-refractivity contribution in [3.8, 4) is 0 Å². The van der Waals surface area contributed by atoms with Crippen molar-refractivity contribution < 1.29 is 14.2 Å². The number of H-pyrrole nitrogens is 1. The van der Waals surface area contributed by atoms with E-state index in [1.165, 1.54) is 0 Å². The first-order valence-electron chi connectivity index (χ1n) is 4.20. The zero-order chi connectivity index (χ0) is 11.1. The molecule has 0 saturated heterocycles. The normalized spacial score (nSPS) is 9.53. The number of fused-ring (bicyclic) bond motifs is 1. The van der Waals surface area contributed by atoms with E-state index in [9.17, 15) is 0 Å². The number of hydrogen-bond donors (Lipinski definition) is 1. The Bertz CT molecular complexity index is 397. The van der Waals surface area contributed by atoms with E-state index in [-0.39, 0.29) is 0 Å². The molecule has 84 valence electrons. The van der Waals surface area contributed by atoms with Crippen LogP contribution in [0.1, 0.15) is 0 Å². The molecule has 0 aliphatic carbocycles. The van der Waals surface area contributed by atoms with E-state index in [0.29, 0.717) is 0 Å². The van der Waals surface area contributed by atoms with E-state index in [0.717, 1.165) is 21.9 Å². The van der Waals surface area contributed by atoms with Gasteiger partial charge in [-0.1, -0.05) is 30.0 Å². The zero-order valence-corrected chi connectivity index (χ0v) is 11.2. The average Bonchev–Trinajstić information content (AvgIpc) is 2.71. The van der Waals surface area contributed by atoms with Gasteiger partial charge in [0.15, 0.2) is 5.16 Å². The second-order valence-electron chi connectivity index (χ2n) is 2.66. The van der Waals surface area contributed by atoms with Gasteiger partial charge in [-0.2, -0.15) is 0 Å². The Hall–Kier alpha value is -0.221. The van der Waals surface area contributed by atoms with Crippen LogP contribution in [0.5, 0.6) is 0 Å². The molecule has 2 aromatic rings. The predicted octanol–water partition coefficient (Wildman–Crippen LogP) is 3.68. The Balaban J connectivity index is 0.000000531. The number of imidazole rings is 1. The van der Waals surface area contributed by atoms with Gasteiger partial charge in [-0.25, -0.2) is 4.98 Å². The van der Waals surface area contributed by atoms with E-state index in [2.05, 4.69) is 44.9 Å². The number of nitrogens with one attached hydrogen (secondary N) is 1. The monoisotopic (exact) mass is 332 g/mol. The molecule has 0 aliphatic heterocycles. The second kappa shape index (κ2) is 7.12. The topological polar surface area (TPSA) is 28.7 Å². The molecule has 0 aliphatic rings. The predicted molar refractivity (Wildman–Crippen MR) is 65.9 cm³/mol. The van der Waals surface area contributed by atoms with Crippen LogP contribution in [0, 0.1) is 0 Å². The first-order chi connectivity index (χ1) is 7.40. The number of hydrogen-bond acceptors (Lipinski definition) is 2. The van der Waals surface area contributed by atoms with Crippen molar-refractivity contribution in [3.63, 3.8) is 0 Å². The summed E-state index contributed by atoms with van der Waals surface area (Å²) < 4.78 is 0. The number of aromatic amines is 1. The molecule has 2 nitrogen and oxygen atoms in total. The van der Waals surface area contributed by atoms with Gasteiger partial charge in [0.25, 0.3) is 0 Å². The summed E-state index contributed by atoms with van der Waals surface area (Å²) in [6, 6.07) is 8.03. The van der Waals surface area contributed by atoms with Gasteiger partial charge < -0.3 is 4.98 Å². The van der Waals surface area contributed by atoms with Gasteiger partial charge in [-0.15, -0.1) is 6.58 Å². The van der Waals surface area contributed by atoms with Gasteiger partial charge in [-0.3, -0.25) is 0 Å². The summed E-state index contributed by atoms with van der Waals surface area (Å²) in [5.41, 5.74) is 2.11. The maximum absolute atomic E-state index is 4.41. The molecule has 1 aromatic carbocycles. The number of benzene rings is 1. The van der Waals surface area contributed by atoms with Crippen LogP contribution < -0.4 is 0 Å². The third-order valence-electron chi connectivity index (χ3n) is 1.71. The fraction of sp³-hybridized carbons (Fsp3) is 0.100. The van der Waals surface area contributed by atoms with Crippen LogP contribution in [-0.2, 0) is 14.2 Å². The van der Waals surface area contributed by atoms with E-state index in [4.69, 9.17) is 0 Å². The van der Waals surface area contributed by atoms with Crippen molar-refractivity contribution in [2.24, 2.45) is 0 Å². The molecular weight excluding hydrogens is 324 g/mol. The van der Waals surface area contributed by atoms with Crippen molar-refractivity contribution in [1.82, 2.24) is 9.97 Å². The minimum atomic E-state index is 0.889. The number of halogens is 1. The first kappa shape index (κ1) is 12.8. The second-order valence-corrected chi connectivity index (χ2v) is 3.67. The molecule has 0 amide bonds. The average molecular weight is 334 g/mol. The van der Waals surface area contributed by atoms with Gasteiger partial charge >= 0.3 is 28.3 Å². The van der Waals surface area contributed by atoms with Gasteiger partial charge in [0.05, 0.1) is 11.0 Å². The summed E-state index contributed by atoms with van der Waals surface area (Å²) in [5, 5.41) is 0.959. The molecule has 0 bridgehead atoms. The van der Waals surface area contributed by atoms with E-state index in [1.807, 2.05) is 30.3 Å². The quantitative estimate of drug-likeness (QED) is 0.527. The molecule has 0 spiro atoms. The summed E-state index contributed by atoms with van der Waals surface area (Å²) in [4.78, 5) is 7.64. The molecule has 5 heteroatoms. The molecule has 0 unspecified atom stereocenters. The number of nitrogens with zero attached hydrogens (tertiary/aromatic N) is 1. The molecule has 1 aromatic heterocycles. The van der Waals surface area contributed by atoms with Crippen molar-refractivity contribution in [2.75, 3.05) is 5.75 Å². The standard InChI is InChI=1S/C10H10N2S.BrH.Cu/c1-2-7-13-10-11-8-5-3-4-6-9(8)12-10;;/h2-6H,1,7H2,(H,11,12);1H;/q;;+1/p-1. The Morgan fingerprint density at radius 2 is 2.20 bits per heavy atom. The third-order valence-corrected chi connectivity index (χ3v) is 2.57. The first-order valence-corrected chi connectivity index (χ1v) is 7.51. The van der Waals surface area contributed by atoms with Crippen molar-refractivity contribution in [2.45, 2.75) is 5.16 Å². The van der Waals surface area contributed by atoms with Gasteiger partial charge in [0.1, 0.15) is 0 Å². The minimum absolute atomic E-state index is 0.889. The maximum atomic E-state index is 4.41. The summed E-state index contributed by atoms with van der Waals surface area (Å²) in [5.74, 6) is 0.889. The van der Waals surface area contributed by atoms with Crippen molar-refractivity contribution in [3.05, 3.63) is 36.9 Å². The van der Waals surface area contributed by atoms with E-state index < -0.39 is 0 Å². The summed E-state index contributed by atoms with van der Waals surface area (Å²) in [6.45, 7) is 3.67. The van der Waals surface area contributed by atoms with Crippen LogP contribution in [0.3, 0.4) is 0 Å². The Morgan fingerprint density at radius 3 is 2.87 bits per heavy atom. The molecule has 0 fully saturated rings. The SMILES string of the molecule is C=CCSc1nc2ccccc2[nH]1.[Cu][Br]. The summed E-state index contributed by atoms with van der Waals surface area (Å²) in [6.07, 6.45) is 1.87. The molecule has 0 atom stereocenters. The summed E-state index contributed by atoms with van der Waals surface area (Å²) in [7, 11) is 0. The fourth-order valence-electron chi connectivity index (χ4n) is 1.14. The van der Waals surface area contributed by atoms with Crippen LogP contribution in [-0.4, -0.2) is 15.7 Å². The molecule has 1 heterocycles. The number of rotatable bonds is 3. The number of thioether (sulfide) groups is 1. The van der Waals surface area contributed by atoms with Crippen LogP contribution in [0.4, 0.5) is 0 Å².